The molecule has 1 aromatic carbocycles. The molecule has 0 aliphatic heterocycles. The zero-order valence-electron chi connectivity index (χ0n) is 6.51. The summed E-state index contributed by atoms with van der Waals surface area (Å²) in [5, 5.41) is 0. The third kappa shape index (κ3) is 1.87. The van der Waals surface area contributed by atoms with Gasteiger partial charge in [0.25, 0.3) is 0 Å². The first-order valence-electron chi connectivity index (χ1n) is 3.67. The fraction of sp³-hybridized carbons (Fsp3) is 0.222. The summed E-state index contributed by atoms with van der Waals surface area (Å²) in [4.78, 5) is 0. The summed E-state index contributed by atoms with van der Waals surface area (Å²) in [6, 6.07) is 5.54. The molecule has 0 aliphatic rings. The van der Waals surface area contributed by atoms with Crippen LogP contribution < -0.4 is 11.5 Å². The normalized spacial score (nSPS) is 9.91. The highest BCUT2D eigenvalue weighted by molar-refractivity contribution is 5.55. The van der Waals surface area contributed by atoms with Gasteiger partial charge in [-0.3, -0.25) is 0 Å². The minimum atomic E-state index is 0.766. The van der Waals surface area contributed by atoms with Crippen LogP contribution in [0.2, 0.25) is 0 Å². The number of aryl methyl sites for hydroxylation is 1. The molecule has 0 saturated heterocycles. The molecule has 0 spiro atoms. The Morgan fingerprint density at radius 2 is 2.00 bits per heavy atom. The van der Waals surface area contributed by atoms with Crippen LogP contribution in [0, 0.1) is 6.92 Å². The van der Waals surface area contributed by atoms with Crippen molar-refractivity contribution in [1.29, 1.82) is 0 Å². The van der Waals surface area contributed by atoms with Gasteiger partial charge in [-0.2, -0.15) is 0 Å². The minimum Gasteiger partial charge on any atom is -0.399 e. The number of nitrogens with two attached hydrogens (primary N) is 2. The van der Waals surface area contributed by atoms with Gasteiger partial charge in [-0.15, -0.1) is 0 Å². The van der Waals surface area contributed by atoms with Crippen LogP contribution in [0.15, 0.2) is 18.2 Å². The third-order valence-electron chi connectivity index (χ3n) is 1.61. The monoisotopic (exact) mass is 149 g/mol. The first kappa shape index (κ1) is 7.92. The van der Waals surface area contributed by atoms with Crippen molar-refractivity contribution in [2.75, 3.05) is 11.5 Å². The zero-order valence-corrected chi connectivity index (χ0v) is 6.51. The summed E-state index contributed by atoms with van der Waals surface area (Å²) < 4.78 is 0. The third-order valence-corrected chi connectivity index (χ3v) is 1.61. The average molecular weight is 149 g/mol. The van der Waals surface area contributed by atoms with E-state index in [1.807, 2.05) is 18.2 Å². The number of anilines is 2. The number of nitrogen functional groups attached to an aromatic ring is 2. The van der Waals surface area contributed by atoms with E-state index in [-0.39, 0.29) is 0 Å². The Balaban J connectivity index is 2.93. The van der Waals surface area contributed by atoms with Crippen molar-refractivity contribution in [3.05, 3.63) is 30.7 Å². The van der Waals surface area contributed by atoms with Crippen LogP contribution in [0.25, 0.3) is 0 Å². The molecule has 0 aromatic heterocycles. The van der Waals surface area contributed by atoms with Gasteiger partial charge in [0.2, 0.25) is 0 Å². The van der Waals surface area contributed by atoms with E-state index in [1.165, 1.54) is 0 Å². The lowest BCUT2D eigenvalue weighted by Gasteiger charge is -2.03. The van der Waals surface area contributed by atoms with Crippen molar-refractivity contribution < 1.29 is 0 Å². The number of hydrogen-bond acceptors (Lipinski definition) is 2. The lowest BCUT2D eigenvalue weighted by Crippen LogP contribution is -1.95. The predicted octanol–water partition coefficient (Wildman–Crippen LogP) is 1.62. The van der Waals surface area contributed by atoms with Crippen molar-refractivity contribution >= 4 is 11.4 Å². The molecule has 0 atom stereocenters. The SMILES string of the molecule is [CH2]CCc1cc(N)ccc1N. The van der Waals surface area contributed by atoms with Crippen LogP contribution in [0.1, 0.15) is 12.0 Å². The molecule has 0 heterocycles. The average Bonchev–Trinajstić information content (AvgIpc) is 1.98. The highest BCUT2D eigenvalue weighted by atomic mass is 14.6. The molecule has 1 aromatic rings. The summed E-state index contributed by atoms with van der Waals surface area (Å²) in [7, 11) is 0. The van der Waals surface area contributed by atoms with Crippen molar-refractivity contribution in [2.45, 2.75) is 12.8 Å². The van der Waals surface area contributed by atoms with Gasteiger partial charge in [0.15, 0.2) is 0 Å². The first-order chi connectivity index (χ1) is 5.24. The zero-order chi connectivity index (χ0) is 8.27. The fourth-order valence-corrected chi connectivity index (χ4v) is 1.03. The lowest BCUT2D eigenvalue weighted by molar-refractivity contribution is 1.00. The molecular formula is C9H13N2. The standard InChI is InChI=1S/C9H13N2/c1-2-3-7-6-8(10)4-5-9(7)11/h4-6H,1-3,10-11H2. The van der Waals surface area contributed by atoms with Gasteiger partial charge in [-0.25, -0.2) is 0 Å². The largest absolute Gasteiger partial charge is 0.399 e. The second-order valence-corrected chi connectivity index (χ2v) is 2.56. The van der Waals surface area contributed by atoms with E-state index in [1.54, 1.807) is 0 Å². The van der Waals surface area contributed by atoms with Crippen molar-refractivity contribution in [1.82, 2.24) is 0 Å². The molecule has 0 amide bonds. The molecular weight excluding hydrogens is 136 g/mol. The maximum absolute atomic E-state index is 5.69. The summed E-state index contributed by atoms with van der Waals surface area (Å²) in [5.74, 6) is 0. The Hall–Kier alpha value is -1.18. The minimum absolute atomic E-state index is 0.766. The van der Waals surface area contributed by atoms with Crippen LogP contribution >= 0.6 is 0 Å². The summed E-state index contributed by atoms with van der Waals surface area (Å²) in [6.07, 6.45) is 1.75. The molecule has 1 radical (unpaired) electrons. The van der Waals surface area contributed by atoms with E-state index in [2.05, 4.69) is 6.92 Å². The van der Waals surface area contributed by atoms with Crippen molar-refractivity contribution in [3.63, 3.8) is 0 Å². The van der Waals surface area contributed by atoms with Gasteiger partial charge in [-0.1, -0.05) is 6.92 Å². The molecule has 0 fully saturated rings. The smallest absolute Gasteiger partial charge is 0.0348 e. The molecule has 11 heavy (non-hydrogen) atoms. The second kappa shape index (κ2) is 3.28. The molecule has 2 nitrogen and oxygen atoms in total. The van der Waals surface area contributed by atoms with Crippen LogP contribution in [0.5, 0.6) is 0 Å². The Morgan fingerprint density at radius 3 is 2.64 bits per heavy atom. The quantitative estimate of drug-likeness (QED) is 0.628. The molecule has 2 heteroatoms. The van der Waals surface area contributed by atoms with E-state index < -0.39 is 0 Å². The van der Waals surface area contributed by atoms with Gasteiger partial charge in [0.1, 0.15) is 0 Å². The number of benzene rings is 1. The molecule has 0 aliphatic carbocycles. The Kier molecular flexibility index (Phi) is 2.36. The van der Waals surface area contributed by atoms with Crippen LogP contribution in [0.3, 0.4) is 0 Å². The van der Waals surface area contributed by atoms with Crippen LogP contribution in [-0.4, -0.2) is 0 Å². The van der Waals surface area contributed by atoms with Gasteiger partial charge in [-0.05, 0) is 36.6 Å². The number of rotatable bonds is 2. The Labute approximate surface area is 67.2 Å². The first-order valence-corrected chi connectivity index (χ1v) is 3.67. The molecule has 0 unspecified atom stereocenters. The summed E-state index contributed by atoms with van der Waals surface area (Å²) in [6.45, 7) is 3.76. The van der Waals surface area contributed by atoms with Crippen LogP contribution in [-0.2, 0) is 6.42 Å². The van der Waals surface area contributed by atoms with E-state index >= 15 is 0 Å². The molecule has 0 saturated carbocycles. The van der Waals surface area contributed by atoms with E-state index in [9.17, 15) is 0 Å². The van der Waals surface area contributed by atoms with Crippen molar-refractivity contribution in [2.24, 2.45) is 0 Å². The molecule has 59 valence electrons. The van der Waals surface area contributed by atoms with Gasteiger partial charge in [0, 0.05) is 11.4 Å². The molecule has 0 bridgehead atoms. The van der Waals surface area contributed by atoms with E-state index in [0.717, 1.165) is 29.8 Å². The Morgan fingerprint density at radius 1 is 1.27 bits per heavy atom. The van der Waals surface area contributed by atoms with Crippen LogP contribution in [0.4, 0.5) is 11.4 Å². The highest BCUT2D eigenvalue weighted by Crippen LogP contribution is 2.16. The summed E-state index contributed by atoms with van der Waals surface area (Å²) in [5.41, 5.74) is 13.9. The lowest BCUT2D eigenvalue weighted by atomic mass is 10.1. The van der Waals surface area contributed by atoms with Gasteiger partial charge >= 0.3 is 0 Å². The van der Waals surface area contributed by atoms with Crippen molar-refractivity contribution in [3.8, 4) is 0 Å². The highest BCUT2D eigenvalue weighted by Gasteiger charge is 1.96. The summed E-state index contributed by atoms with van der Waals surface area (Å²) >= 11 is 0. The topological polar surface area (TPSA) is 52.0 Å². The predicted molar refractivity (Wildman–Crippen MR) is 48.9 cm³/mol. The maximum Gasteiger partial charge on any atom is 0.0348 e. The fourth-order valence-electron chi connectivity index (χ4n) is 1.03. The van der Waals surface area contributed by atoms with Gasteiger partial charge < -0.3 is 11.5 Å². The second-order valence-electron chi connectivity index (χ2n) is 2.56. The van der Waals surface area contributed by atoms with Gasteiger partial charge in [0.05, 0.1) is 0 Å². The Bertz CT molecular complexity index is 243. The molecule has 4 N–H and O–H groups in total. The van der Waals surface area contributed by atoms with E-state index in [4.69, 9.17) is 11.5 Å². The molecule has 1 rings (SSSR count). The maximum atomic E-state index is 5.69. The number of hydrogen-bond donors (Lipinski definition) is 2. The van der Waals surface area contributed by atoms with E-state index in [0.29, 0.717) is 0 Å².